The van der Waals surface area contributed by atoms with Crippen LogP contribution in [0.3, 0.4) is 0 Å². The topological polar surface area (TPSA) is 218 Å². The summed E-state index contributed by atoms with van der Waals surface area (Å²) in [5, 5.41) is 44.5. The summed E-state index contributed by atoms with van der Waals surface area (Å²) in [7, 11) is 0. The number of pyridine rings is 2. The van der Waals surface area contributed by atoms with Gasteiger partial charge in [0.05, 0.1) is 33.6 Å². The Balaban J connectivity index is 1.28. The van der Waals surface area contributed by atoms with Crippen LogP contribution < -0.4 is 28.7 Å². The first kappa shape index (κ1) is 43.3. The highest BCUT2D eigenvalue weighted by molar-refractivity contribution is 6.48. The second kappa shape index (κ2) is 16.4. The summed E-state index contributed by atoms with van der Waals surface area (Å²) in [6.45, 7) is 0. The van der Waals surface area contributed by atoms with E-state index in [2.05, 4.69) is 9.97 Å². The molecule has 16 nitrogen and oxygen atoms in total. The van der Waals surface area contributed by atoms with E-state index in [1.165, 1.54) is 122 Å². The fraction of sp³-hybridized carbons (Fsp3) is 0. The Kier molecular flexibility index (Phi) is 9.61. The van der Waals surface area contributed by atoms with Gasteiger partial charge < -0.3 is 39.4 Å². The highest BCUT2D eigenvalue weighted by atomic mass is 16.5. The Morgan fingerprint density at radius 2 is 0.568 bits per heavy atom. The molecule has 0 unspecified atom stereocenters. The number of phenols is 4. The van der Waals surface area contributed by atoms with Crippen molar-refractivity contribution in [2.45, 2.75) is 0 Å². The molecule has 16 heteroatoms. The van der Waals surface area contributed by atoms with Crippen molar-refractivity contribution in [3.8, 4) is 69.0 Å². The molecular formula is C58H32N4O12. The van der Waals surface area contributed by atoms with Gasteiger partial charge in [0.25, 0.3) is 23.6 Å². The number of hydrogen-bond donors (Lipinski definition) is 4. The molecule has 0 bridgehead atoms. The lowest BCUT2D eigenvalue weighted by Gasteiger charge is -2.32. The average Bonchev–Trinajstić information content (AvgIpc) is 3.38. The number of carbonyl (C=O) groups excluding carboxylic acids is 4. The highest BCUT2D eigenvalue weighted by Gasteiger charge is 2.42. The molecule has 2 aliphatic heterocycles. The van der Waals surface area contributed by atoms with Crippen molar-refractivity contribution in [2.24, 2.45) is 0 Å². The molecule has 0 radical (unpaired) electrons. The minimum Gasteiger partial charge on any atom is -0.508 e. The number of nitrogens with zero attached hydrogens (tertiary/aromatic N) is 4. The van der Waals surface area contributed by atoms with Crippen molar-refractivity contribution < 1.29 is 58.6 Å². The number of imide groups is 2. The number of ether oxygens (including phenoxy) is 4. The van der Waals surface area contributed by atoms with Crippen LogP contribution in [0, 0.1) is 0 Å². The molecule has 2 aromatic heterocycles. The van der Waals surface area contributed by atoms with Crippen molar-refractivity contribution in [1.82, 2.24) is 9.97 Å². The fourth-order valence-corrected chi connectivity index (χ4v) is 9.98. The van der Waals surface area contributed by atoms with E-state index >= 15 is 19.2 Å². The van der Waals surface area contributed by atoms with Crippen LogP contribution in [0.5, 0.6) is 69.0 Å². The van der Waals surface area contributed by atoms with Gasteiger partial charge in [-0.15, -0.1) is 0 Å². The van der Waals surface area contributed by atoms with Gasteiger partial charge in [0.15, 0.2) is 0 Å². The average molecular weight is 977 g/mol. The molecule has 74 heavy (non-hydrogen) atoms. The van der Waals surface area contributed by atoms with Crippen LogP contribution in [0.25, 0.3) is 43.1 Å². The van der Waals surface area contributed by atoms with Crippen LogP contribution in [0.15, 0.2) is 170 Å². The van der Waals surface area contributed by atoms with Gasteiger partial charge in [0.2, 0.25) is 0 Å². The van der Waals surface area contributed by atoms with Crippen LogP contribution >= 0.6 is 0 Å². The third-order valence-corrected chi connectivity index (χ3v) is 12.9. The quantitative estimate of drug-likeness (QED) is 0.0569. The smallest absolute Gasteiger partial charge is 0.266 e. The van der Waals surface area contributed by atoms with Gasteiger partial charge in [0, 0.05) is 92.1 Å². The second-order valence-electron chi connectivity index (χ2n) is 17.4. The summed E-state index contributed by atoms with van der Waals surface area (Å²) in [4.78, 5) is 71.2. The Morgan fingerprint density at radius 1 is 0.311 bits per heavy atom. The third-order valence-electron chi connectivity index (χ3n) is 12.9. The van der Waals surface area contributed by atoms with E-state index < -0.39 is 23.6 Å². The van der Waals surface area contributed by atoms with Gasteiger partial charge in [-0.05, 0) is 97.1 Å². The van der Waals surface area contributed by atoms with E-state index in [4.69, 9.17) is 18.9 Å². The maximum Gasteiger partial charge on any atom is 0.266 e. The molecule has 356 valence electrons. The monoisotopic (exact) mass is 976 g/mol. The Bertz CT molecular complexity index is 3750. The van der Waals surface area contributed by atoms with E-state index in [1.807, 2.05) is 0 Å². The lowest BCUT2D eigenvalue weighted by atomic mass is 9.80. The van der Waals surface area contributed by atoms with E-state index in [1.54, 1.807) is 48.5 Å². The Labute approximate surface area is 416 Å². The van der Waals surface area contributed by atoms with Crippen LogP contribution in [0.2, 0.25) is 0 Å². The van der Waals surface area contributed by atoms with Crippen LogP contribution in [0.4, 0.5) is 11.4 Å². The SMILES string of the molecule is O=C1c2cc(Oc3cccc(O)c3)c3c4c(Oc5cccc(O)c5)cc5c6c(cc(Oc7cccc(O)c7)c(c7c(Oc8cccc(O)c8)cc(c2c37)C(=O)N1c1ccncc1)c64)C(=O)N(c1ccncc1)C5=O. The van der Waals surface area contributed by atoms with Crippen LogP contribution in [-0.4, -0.2) is 54.0 Å². The molecule has 13 rings (SSSR count). The summed E-state index contributed by atoms with van der Waals surface area (Å²) in [6.07, 6.45) is 5.78. The van der Waals surface area contributed by atoms with E-state index in [9.17, 15) is 20.4 Å². The van der Waals surface area contributed by atoms with Gasteiger partial charge in [-0.1, -0.05) is 24.3 Å². The molecule has 0 saturated heterocycles. The normalized spacial score (nSPS) is 13.1. The lowest BCUT2D eigenvalue weighted by molar-refractivity contribution is 0.0877. The van der Waals surface area contributed by atoms with Gasteiger partial charge in [-0.2, -0.15) is 0 Å². The van der Waals surface area contributed by atoms with E-state index in [-0.39, 0.29) is 146 Å². The maximum atomic E-state index is 15.2. The molecule has 0 aliphatic carbocycles. The largest absolute Gasteiger partial charge is 0.508 e. The zero-order valence-electron chi connectivity index (χ0n) is 38.0. The Morgan fingerprint density at radius 3 is 0.811 bits per heavy atom. The predicted molar refractivity (Wildman–Crippen MR) is 271 cm³/mol. The van der Waals surface area contributed by atoms with Gasteiger partial charge >= 0.3 is 0 Å². The highest BCUT2D eigenvalue weighted by Crippen LogP contribution is 2.58. The van der Waals surface area contributed by atoms with Crippen molar-refractivity contribution in [2.75, 3.05) is 9.80 Å². The summed E-state index contributed by atoms with van der Waals surface area (Å²) in [5.41, 5.74) is 0.455. The third kappa shape index (κ3) is 6.77. The number of benzene rings is 9. The summed E-state index contributed by atoms with van der Waals surface area (Å²) >= 11 is 0. The molecule has 0 atom stereocenters. The van der Waals surface area contributed by atoms with Crippen molar-refractivity contribution in [3.05, 3.63) is 193 Å². The summed E-state index contributed by atoms with van der Waals surface area (Å²) < 4.78 is 27.2. The summed E-state index contributed by atoms with van der Waals surface area (Å²) in [6, 6.07) is 35.9. The number of carbonyl (C=O) groups is 4. The molecule has 0 fully saturated rings. The number of aromatic hydroxyl groups is 4. The summed E-state index contributed by atoms with van der Waals surface area (Å²) in [5.74, 6) is -3.02. The van der Waals surface area contributed by atoms with E-state index in [0.29, 0.717) is 0 Å². The number of phenolic OH excluding ortho intramolecular Hbond substituents is 4. The molecule has 4 amide bonds. The van der Waals surface area contributed by atoms with Crippen molar-refractivity contribution in [1.29, 1.82) is 0 Å². The minimum atomic E-state index is -0.732. The number of amides is 4. The zero-order chi connectivity index (χ0) is 50.5. The molecule has 2 aliphatic rings. The van der Waals surface area contributed by atoms with Gasteiger partial charge in [0.1, 0.15) is 69.0 Å². The van der Waals surface area contributed by atoms with Crippen LogP contribution in [-0.2, 0) is 0 Å². The first-order valence-electron chi connectivity index (χ1n) is 22.8. The first-order chi connectivity index (χ1) is 36.0. The number of aromatic nitrogens is 2. The number of rotatable bonds is 10. The van der Waals surface area contributed by atoms with Crippen molar-refractivity contribution in [3.63, 3.8) is 0 Å². The molecule has 0 saturated carbocycles. The number of anilines is 2. The van der Waals surface area contributed by atoms with Gasteiger partial charge in [-0.25, -0.2) is 9.80 Å². The fourth-order valence-electron chi connectivity index (χ4n) is 9.98. The molecule has 9 aromatic carbocycles. The molecule has 0 spiro atoms. The Hall–Kier alpha value is -10.7. The first-order valence-corrected chi connectivity index (χ1v) is 22.8. The molecule has 11 aromatic rings. The maximum absolute atomic E-state index is 15.2. The van der Waals surface area contributed by atoms with Crippen molar-refractivity contribution >= 4 is 78.1 Å². The van der Waals surface area contributed by atoms with Crippen LogP contribution in [0.1, 0.15) is 41.4 Å². The van der Waals surface area contributed by atoms with Gasteiger partial charge in [-0.3, -0.25) is 29.1 Å². The standard InChI is InChI=1S/C58H32N4O12/c63-31-5-1-9-35(21-31)71-43-25-39-47-40(56(68)61(55(39)67)29-13-17-59-18-14-29)27-45(73-37-11-3-7-33(65)23-37)51-52-46(74-38-12-4-8-34(66)24-38)28-42-48-41(57(69)62(58(42)70)30-15-19-60-20-16-30)26-44(50(54(48)52)49(43)53(47)51)72-36-10-2-6-32(64)22-36/h1-28,63-66H. The molecule has 4 heterocycles. The molecular weight excluding hydrogens is 945 g/mol. The second-order valence-corrected chi connectivity index (χ2v) is 17.4. The number of hydrogen-bond acceptors (Lipinski definition) is 14. The minimum absolute atomic E-state index is 0.00776. The zero-order valence-corrected chi connectivity index (χ0v) is 38.0. The number of fused-ring (bicyclic) bond motifs is 2. The van der Waals surface area contributed by atoms with E-state index in [0.717, 1.165) is 9.80 Å². The molecule has 4 N–H and O–H groups in total. The predicted octanol–water partition coefficient (Wildman–Crippen LogP) is 12.1. The lowest BCUT2D eigenvalue weighted by Crippen LogP contribution is -2.40.